The van der Waals surface area contributed by atoms with Gasteiger partial charge >= 0.3 is 5.69 Å². The van der Waals surface area contributed by atoms with Crippen molar-refractivity contribution in [3.63, 3.8) is 0 Å². The first-order valence-corrected chi connectivity index (χ1v) is 6.94. The zero-order valence-electron chi connectivity index (χ0n) is 11.3. The van der Waals surface area contributed by atoms with E-state index in [9.17, 15) is 14.5 Å². The molecule has 0 unspecified atom stereocenters. The second-order valence-corrected chi connectivity index (χ2v) is 5.72. The van der Waals surface area contributed by atoms with Crippen molar-refractivity contribution in [3.05, 3.63) is 50.0 Å². The monoisotopic (exact) mass is 331 g/mol. The van der Waals surface area contributed by atoms with Crippen molar-refractivity contribution < 1.29 is 9.31 Å². The quantitative estimate of drug-likeness (QED) is 0.615. The summed E-state index contributed by atoms with van der Waals surface area (Å²) in [5, 5.41) is 15.1. The Labute approximate surface area is 130 Å². The van der Waals surface area contributed by atoms with Crippen LogP contribution < -0.4 is 0 Å². The van der Waals surface area contributed by atoms with Gasteiger partial charge in [0.25, 0.3) is 0 Å². The fraction of sp³-hybridized carbons (Fsp3) is 0.308. The highest BCUT2D eigenvalue weighted by molar-refractivity contribution is 6.32. The Kier molecular flexibility index (Phi) is 4.49. The molecule has 1 heterocycles. The van der Waals surface area contributed by atoms with Gasteiger partial charge in [0.2, 0.25) is 5.15 Å². The zero-order valence-corrected chi connectivity index (χ0v) is 12.8. The summed E-state index contributed by atoms with van der Waals surface area (Å²) in [5.41, 5.74) is 0.302. The third-order valence-electron chi connectivity index (χ3n) is 2.81. The SMILES string of the molecule is CC(C)Cc1nn(-c2ccc(Cl)c(F)c2)c(Cl)c1[N+](=O)[O-]. The van der Waals surface area contributed by atoms with E-state index in [0.717, 1.165) is 10.7 Å². The van der Waals surface area contributed by atoms with Gasteiger partial charge < -0.3 is 0 Å². The van der Waals surface area contributed by atoms with Crippen LogP contribution in [-0.2, 0) is 6.42 Å². The smallest absolute Gasteiger partial charge is 0.258 e. The van der Waals surface area contributed by atoms with Crippen LogP contribution >= 0.6 is 23.2 Å². The lowest BCUT2D eigenvalue weighted by Gasteiger charge is -2.03. The maximum absolute atomic E-state index is 13.5. The molecule has 0 N–H and O–H groups in total. The molecule has 0 spiro atoms. The van der Waals surface area contributed by atoms with Crippen LogP contribution in [0.2, 0.25) is 10.2 Å². The molecule has 0 atom stereocenters. The minimum absolute atomic E-state index is 0.0427. The molecule has 0 amide bonds. The highest BCUT2D eigenvalue weighted by Crippen LogP contribution is 2.32. The fourth-order valence-corrected chi connectivity index (χ4v) is 2.36. The number of rotatable bonds is 4. The van der Waals surface area contributed by atoms with Gasteiger partial charge in [-0.25, -0.2) is 9.07 Å². The first-order chi connectivity index (χ1) is 9.81. The summed E-state index contributed by atoms with van der Waals surface area (Å²) < 4.78 is 14.7. The molecule has 0 aliphatic carbocycles. The standard InChI is InChI=1S/C13H12Cl2FN3O2/c1-7(2)5-11-12(19(20)21)13(15)18(17-11)8-3-4-9(14)10(16)6-8/h3-4,6-7H,5H2,1-2H3. The van der Waals surface area contributed by atoms with Crippen molar-refractivity contribution in [1.82, 2.24) is 9.78 Å². The van der Waals surface area contributed by atoms with Gasteiger partial charge in [-0.05, 0) is 18.1 Å². The van der Waals surface area contributed by atoms with Gasteiger partial charge in [0.1, 0.15) is 11.5 Å². The molecule has 0 radical (unpaired) electrons. The second-order valence-electron chi connectivity index (χ2n) is 4.95. The van der Waals surface area contributed by atoms with E-state index < -0.39 is 10.7 Å². The first-order valence-electron chi connectivity index (χ1n) is 6.18. The van der Waals surface area contributed by atoms with Crippen LogP contribution in [0.25, 0.3) is 5.69 Å². The average Bonchev–Trinajstić information content (AvgIpc) is 2.69. The Morgan fingerprint density at radius 2 is 2.10 bits per heavy atom. The molecule has 5 nitrogen and oxygen atoms in total. The number of nitrogens with zero attached hydrogens (tertiary/aromatic N) is 3. The Balaban J connectivity index is 2.58. The molecule has 8 heteroatoms. The van der Waals surface area contributed by atoms with Crippen LogP contribution in [0, 0.1) is 21.8 Å². The molecule has 2 aromatic rings. The third-order valence-corrected chi connectivity index (χ3v) is 3.45. The summed E-state index contributed by atoms with van der Waals surface area (Å²) in [6, 6.07) is 3.97. The van der Waals surface area contributed by atoms with E-state index in [1.807, 2.05) is 13.8 Å². The van der Waals surface area contributed by atoms with Crippen LogP contribution in [0.1, 0.15) is 19.5 Å². The van der Waals surface area contributed by atoms with E-state index in [1.54, 1.807) is 0 Å². The number of halogens is 3. The Morgan fingerprint density at radius 1 is 1.43 bits per heavy atom. The molecule has 0 fully saturated rings. The lowest BCUT2D eigenvalue weighted by Crippen LogP contribution is -2.00. The van der Waals surface area contributed by atoms with E-state index in [-0.39, 0.29) is 33.2 Å². The van der Waals surface area contributed by atoms with Crippen molar-refractivity contribution in [2.75, 3.05) is 0 Å². The summed E-state index contributed by atoms with van der Waals surface area (Å²) in [6.45, 7) is 3.83. The molecule has 0 saturated heterocycles. The van der Waals surface area contributed by atoms with E-state index in [1.165, 1.54) is 12.1 Å². The van der Waals surface area contributed by atoms with Crippen molar-refractivity contribution in [2.45, 2.75) is 20.3 Å². The molecule has 1 aromatic carbocycles. The predicted octanol–water partition coefficient (Wildman–Crippen LogP) is 4.42. The number of benzene rings is 1. The number of nitro groups is 1. The summed E-state index contributed by atoms with van der Waals surface area (Å²) in [4.78, 5) is 10.6. The first kappa shape index (κ1) is 15.7. The lowest BCUT2D eigenvalue weighted by atomic mass is 10.1. The molecule has 112 valence electrons. The van der Waals surface area contributed by atoms with E-state index in [2.05, 4.69) is 5.10 Å². The van der Waals surface area contributed by atoms with Crippen molar-refractivity contribution in [1.29, 1.82) is 0 Å². The van der Waals surface area contributed by atoms with Gasteiger partial charge in [-0.15, -0.1) is 0 Å². The van der Waals surface area contributed by atoms with Crippen LogP contribution in [0.4, 0.5) is 10.1 Å². The molecule has 1 aromatic heterocycles. The summed E-state index contributed by atoms with van der Waals surface area (Å²) in [5.74, 6) is -0.473. The Morgan fingerprint density at radius 3 is 2.62 bits per heavy atom. The van der Waals surface area contributed by atoms with Gasteiger partial charge in [0.05, 0.1) is 15.6 Å². The van der Waals surface area contributed by atoms with Gasteiger partial charge in [0, 0.05) is 12.5 Å². The van der Waals surface area contributed by atoms with E-state index in [0.29, 0.717) is 6.42 Å². The molecular formula is C13H12Cl2FN3O2. The van der Waals surface area contributed by atoms with Crippen LogP contribution in [0.5, 0.6) is 0 Å². The summed E-state index contributed by atoms with van der Waals surface area (Å²) >= 11 is 11.7. The molecule has 0 bridgehead atoms. The maximum Gasteiger partial charge on any atom is 0.329 e. The summed E-state index contributed by atoms with van der Waals surface area (Å²) in [7, 11) is 0. The molecular weight excluding hydrogens is 320 g/mol. The molecule has 2 rings (SSSR count). The number of aromatic nitrogens is 2. The highest BCUT2D eigenvalue weighted by atomic mass is 35.5. The molecule has 0 aliphatic rings. The van der Waals surface area contributed by atoms with Crippen molar-refractivity contribution in [3.8, 4) is 5.69 Å². The maximum atomic E-state index is 13.5. The Bertz CT molecular complexity index is 701. The van der Waals surface area contributed by atoms with Crippen LogP contribution in [-0.4, -0.2) is 14.7 Å². The minimum Gasteiger partial charge on any atom is -0.258 e. The zero-order chi connectivity index (χ0) is 15.7. The average molecular weight is 332 g/mol. The molecule has 0 aliphatic heterocycles. The summed E-state index contributed by atoms with van der Waals surface area (Å²) in [6.07, 6.45) is 0.402. The highest BCUT2D eigenvalue weighted by Gasteiger charge is 2.27. The van der Waals surface area contributed by atoms with Gasteiger partial charge in [-0.2, -0.15) is 5.10 Å². The van der Waals surface area contributed by atoms with E-state index >= 15 is 0 Å². The van der Waals surface area contributed by atoms with Crippen LogP contribution in [0.15, 0.2) is 18.2 Å². The van der Waals surface area contributed by atoms with Crippen molar-refractivity contribution >= 4 is 28.9 Å². The van der Waals surface area contributed by atoms with Crippen LogP contribution in [0.3, 0.4) is 0 Å². The fourth-order valence-electron chi connectivity index (χ4n) is 1.92. The van der Waals surface area contributed by atoms with Gasteiger partial charge in [0.15, 0.2) is 0 Å². The minimum atomic E-state index is -0.645. The van der Waals surface area contributed by atoms with Crippen molar-refractivity contribution in [2.24, 2.45) is 5.92 Å². The predicted molar refractivity (Wildman–Crippen MR) is 78.7 cm³/mol. The third kappa shape index (κ3) is 3.16. The lowest BCUT2D eigenvalue weighted by molar-refractivity contribution is -0.385. The largest absolute Gasteiger partial charge is 0.329 e. The normalized spacial score (nSPS) is 11.1. The number of hydrogen-bond donors (Lipinski definition) is 0. The Hall–Kier alpha value is -1.66. The van der Waals surface area contributed by atoms with E-state index in [4.69, 9.17) is 23.2 Å². The van der Waals surface area contributed by atoms with Gasteiger partial charge in [-0.1, -0.05) is 37.0 Å². The molecule has 0 saturated carbocycles. The molecule has 21 heavy (non-hydrogen) atoms. The number of hydrogen-bond acceptors (Lipinski definition) is 3. The topological polar surface area (TPSA) is 61.0 Å². The van der Waals surface area contributed by atoms with Gasteiger partial charge in [-0.3, -0.25) is 10.1 Å². The second kappa shape index (κ2) is 5.99.